The normalized spacial score (nSPS) is 16.8. The summed E-state index contributed by atoms with van der Waals surface area (Å²) >= 11 is 0. The van der Waals surface area contributed by atoms with Gasteiger partial charge in [-0.1, -0.05) is 26.8 Å². The molecule has 3 N–H and O–H groups in total. The average molecular weight is 364 g/mol. The van der Waals surface area contributed by atoms with E-state index in [0.29, 0.717) is 11.5 Å². The predicted octanol–water partition coefficient (Wildman–Crippen LogP) is 3.53. The lowest BCUT2D eigenvalue weighted by Gasteiger charge is -2.39. The highest BCUT2D eigenvalue weighted by atomic mass is 28.4. The molecule has 1 aliphatic heterocycles. The van der Waals surface area contributed by atoms with E-state index in [9.17, 15) is 4.79 Å². The molecule has 1 amide bonds. The van der Waals surface area contributed by atoms with E-state index in [4.69, 9.17) is 10.3 Å². The van der Waals surface area contributed by atoms with Crippen LogP contribution >= 0.6 is 0 Å². The Labute approximate surface area is 153 Å². The van der Waals surface area contributed by atoms with Gasteiger partial charge in [0.05, 0.1) is 0 Å². The topological polar surface area (TPSA) is 67.6 Å². The predicted molar refractivity (Wildman–Crippen MR) is 106 cm³/mol. The molecule has 1 aromatic rings. The van der Waals surface area contributed by atoms with Gasteiger partial charge in [0.1, 0.15) is 0 Å². The summed E-state index contributed by atoms with van der Waals surface area (Å²) in [6, 6.07) is 7.66. The van der Waals surface area contributed by atoms with Crippen LogP contribution < -0.4 is 16.2 Å². The number of amides is 1. The first kappa shape index (κ1) is 19.9. The van der Waals surface area contributed by atoms with Crippen LogP contribution in [0.1, 0.15) is 44.0 Å². The SMILES string of the molecule is CC(C)(C)[Si](C)(C)OCC1CCN(c2cccc(C(=O)NN)c2)CC1. The van der Waals surface area contributed by atoms with E-state index >= 15 is 0 Å². The lowest BCUT2D eigenvalue weighted by molar-refractivity contribution is 0.0953. The monoisotopic (exact) mass is 363 g/mol. The van der Waals surface area contributed by atoms with E-state index in [1.807, 2.05) is 12.1 Å². The van der Waals surface area contributed by atoms with E-state index in [0.717, 1.165) is 38.2 Å². The van der Waals surface area contributed by atoms with Crippen LogP contribution in [0.2, 0.25) is 18.1 Å². The summed E-state index contributed by atoms with van der Waals surface area (Å²) in [5, 5.41) is 0.262. The molecule has 5 nitrogen and oxygen atoms in total. The third kappa shape index (κ3) is 5.06. The maximum absolute atomic E-state index is 11.7. The molecule has 0 aliphatic carbocycles. The zero-order valence-corrected chi connectivity index (χ0v) is 17.3. The number of benzene rings is 1. The Hall–Kier alpha value is -1.37. The Morgan fingerprint density at radius 3 is 2.52 bits per heavy atom. The molecule has 0 saturated carbocycles. The molecule has 1 fully saturated rings. The Morgan fingerprint density at radius 1 is 1.32 bits per heavy atom. The van der Waals surface area contributed by atoms with Crippen LogP contribution in [0, 0.1) is 5.92 Å². The lowest BCUT2D eigenvalue weighted by atomic mass is 9.97. The number of rotatable bonds is 5. The van der Waals surface area contributed by atoms with Crippen molar-refractivity contribution in [2.45, 2.75) is 51.7 Å². The first-order chi connectivity index (χ1) is 11.6. The van der Waals surface area contributed by atoms with Crippen LogP contribution in [0.25, 0.3) is 0 Å². The molecule has 1 saturated heterocycles. The number of nitrogen functional groups attached to an aromatic ring is 1. The highest BCUT2D eigenvalue weighted by molar-refractivity contribution is 6.74. The minimum absolute atomic E-state index is 0.250. The molecule has 140 valence electrons. The number of nitrogens with one attached hydrogen (secondary N) is 1. The van der Waals surface area contributed by atoms with Crippen LogP contribution in [0.4, 0.5) is 5.69 Å². The smallest absolute Gasteiger partial charge is 0.265 e. The minimum Gasteiger partial charge on any atom is -0.417 e. The summed E-state index contributed by atoms with van der Waals surface area (Å²) in [7, 11) is -1.66. The Balaban J connectivity index is 1.89. The molecule has 0 aromatic heterocycles. The van der Waals surface area contributed by atoms with Crippen molar-refractivity contribution >= 4 is 19.9 Å². The number of carbonyl (C=O) groups is 1. The standard InChI is InChI=1S/C19H33N3O2Si/c1-19(2,3)25(4,5)24-14-15-9-11-22(12-10-15)17-8-6-7-16(13-17)18(23)21-20/h6-8,13,15H,9-12,14,20H2,1-5H3,(H,21,23). The van der Waals surface area contributed by atoms with Gasteiger partial charge in [0.15, 0.2) is 8.32 Å². The van der Waals surface area contributed by atoms with Gasteiger partial charge in [-0.15, -0.1) is 0 Å². The van der Waals surface area contributed by atoms with Crippen LogP contribution in [0.5, 0.6) is 0 Å². The number of hydrogen-bond donors (Lipinski definition) is 2. The van der Waals surface area contributed by atoms with Crippen LogP contribution in [-0.2, 0) is 4.43 Å². The first-order valence-electron chi connectivity index (χ1n) is 9.14. The Bertz CT molecular complexity index is 591. The number of hydrazine groups is 1. The number of anilines is 1. The fourth-order valence-corrected chi connectivity index (χ4v) is 3.91. The largest absolute Gasteiger partial charge is 0.417 e. The molecular formula is C19H33N3O2Si. The Kier molecular flexibility index (Phi) is 6.29. The summed E-state index contributed by atoms with van der Waals surface area (Å²) in [4.78, 5) is 14.0. The molecule has 0 radical (unpaired) electrons. The minimum atomic E-state index is -1.66. The quantitative estimate of drug-likeness (QED) is 0.363. The fraction of sp³-hybridized carbons (Fsp3) is 0.632. The van der Waals surface area contributed by atoms with Gasteiger partial charge < -0.3 is 9.33 Å². The second-order valence-corrected chi connectivity index (χ2v) is 13.3. The lowest BCUT2D eigenvalue weighted by Crippen LogP contribution is -2.43. The second-order valence-electron chi connectivity index (χ2n) is 8.53. The van der Waals surface area contributed by atoms with Gasteiger partial charge >= 0.3 is 0 Å². The number of carbonyl (C=O) groups excluding carboxylic acids is 1. The van der Waals surface area contributed by atoms with Gasteiger partial charge in [0, 0.05) is 30.9 Å². The van der Waals surface area contributed by atoms with E-state index in [2.05, 4.69) is 50.3 Å². The second kappa shape index (κ2) is 7.89. The summed E-state index contributed by atoms with van der Waals surface area (Å²) in [6.07, 6.45) is 2.25. The van der Waals surface area contributed by atoms with Crippen molar-refractivity contribution in [1.82, 2.24) is 5.43 Å². The highest BCUT2D eigenvalue weighted by Crippen LogP contribution is 2.37. The van der Waals surface area contributed by atoms with Gasteiger partial charge in [0.25, 0.3) is 5.91 Å². The molecule has 1 heterocycles. The van der Waals surface area contributed by atoms with Crippen molar-refractivity contribution < 1.29 is 9.22 Å². The van der Waals surface area contributed by atoms with Crippen molar-refractivity contribution in [2.24, 2.45) is 11.8 Å². The van der Waals surface area contributed by atoms with E-state index in [-0.39, 0.29) is 10.9 Å². The van der Waals surface area contributed by atoms with E-state index in [1.54, 1.807) is 6.07 Å². The Morgan fingerprint density at radius 2 is 1.96 bits per heavy atom. The zero-order chi connectivity index (χ0) is 18.7. The van der Waals surface area contributed by atoms with Crippen molar-refractivity contribution in [1.29, 1.82) is 0 Å². The molecule has 1 aromatic carbocycles. The molecule has 0 bridgehead atoms. The molecule has 0 spiro atoms. The molecule has 25 heavy (non-hydrogen) atoms. The van der Waals surface area contributed by atoms with Gasteiger partial charge in [-0.25, -0.2) is 5.84 Å². The summed E-state index contributed by atoms with van der Waals surface area (Å²) in [6.45, 7) is 14.4. The van der Waals surface area contributed by atoms with Gasteiger partial charge in [-0.2, -0.15) is 0 Å². The summed E-state index contributed by atoms with van der Waals surface area (Å²) in [5.74, 6) is 5.60. The molecular weight excluding hydrogens is 330 g/mol. The van der Waals surface area contributed by atoms with Crippen molar-refractivity contribution in [3.05, 3.63) is 29.8 Å². The van der Waals surface area contributed by atoms with Crippen LogP contribution in [0.15, 0.2) is 24.3 Å². The van der Waals surface area contributed by atoms with Crippen LogP contribution in [-0.4, -0.2) is 33.9 Å². The first-order valence-corrected chi connectivity index (χ1v) is 12.0. The molecule has 0 atom stereocenters. The molecule has 6 heteroatoms. The van der Waals surface area contributed by atoms with Crippen molar-refractivity contribution in [2.75, 3.05) is 24.6 Å². The van der Waals surface area contributed by atoms with Gasteiger partial charge in [0.2, 0.25) is 0 Å². The number of nitrogens with zero attached hydrogens (tertiary/aromatic N) is 1. The summed E-state index contributed by atoms with van der Waals surface area (Å²) < 4.78 is 6.39. The third-order valence-corrected chi connectivity index (χ3v) is 10.2. The third-order valence-electron chi connectivity index (χ3n) is 5.71. The molecule has 2 rings (SSSR count). The van der Waals surface area contributed by atoms with Gasteiger partial charge in [-0.05, 0) is 55.1 Å². The maximum Gasteiger partial charge on any atom is 0.265 e. The maximum atomic E-state index is 11.7. The summed E-state index contributed by atoms with van der Waals surface area (Å²) in [5.41, 5.74) is 3.88. The zero-order valence-electron chi connectivity index (χ0n) is 16.3. The fourth-order valence-electron chi connectivity index (χ4n) is 2.83. The van der Waals surface area contributed by atoms with Gasteiger partial charge in [-0.3, -0.25) is 10.2 Å². The van der Waals surface area contributed by atoms with Crippen molar-refractivity contribution in [3.63, 3.8) is 0 Å². The average Bonchev–Trinajstić information content (AvgIpc) is 2.59. The highest BCUT2D eigenvalue weighted by Gasteiger charge is 2.37. The van der Waals surface area contributed by atoms with E-state index in [1.165, 1.54) is 0 Å². The number of nitrogens with two attached hydrogens (primary N) is 1. The van der Waals surface area contributed by atoms with Crippen molar-refractivity contribution in [3.8, 4) is 0 Å². The van der Waals surface area contributed by atoms with E-state index < -0.39 is 8.32 Å². The molecule has 0 unspecified atom stereocenters. The number of hydrogen-bond acceptors (Lipinski definition) is 4. The number of piperidine rings is 1. The molecule has 1 aliphatic rings. The van der Waals surface area contributed by atoms with Crippen LogP contribution in [0.3, 0.4) is 0 Å².